The Morgan fingerprint density at radius 3 is 1.42 bits per heavy atom. The van der Waals surface area contributed by atoms with Gasteiger partial charge < -0.3 is 0 Å². The molecular weight excluding hydrogens is 334 g/mol. The second kappa shape index (κ2) is 9.01. The Morgan fingerprint density at radius 1 is 0.792 bits per heavy atom. The number of rotatable bonds is 8. The van der Waals surface area contributed by atoms with Crippen LogP contribution in [0.3, 0.4) is 0 Å². The van der Waals surface area contributed by atoms with Crippen LogP contribution in [0, 0.1) is 11.6 Å². The van der Waals surface area contributed by atoms with E-state index < -0.39 is 23.6 Å². The molecule has 0 radical (unpaired) electrons. The maximum absolute atomic E-state index is 13.0. The minimum absolute atomic E-state index is 0.340. The Balaban J connectivity index is 2.01. The molecule has 0 bridgehead atoms. The monoisotopic (exact) mass is 354 g/mol. The van der Waals surface area contributed by atoms with E-state index in [9.17, 15) is 13.0 Å². The molecule has 3 nitrogen and oxygen atoms in total. The summed E-state index contributed by atoms with van der Waals surface area (Å²) < 4.78 is 49.1. The lowest BCUT2D eigenvalue weighted by atomic mass is 10.1. The molecule has 130 valence electrons. The number of hydrogen-bond acceptors (Lipinski definition) is 3. The average molecular weight is 354 g/mol. The largest absolute Gasteiger partial charge is 0.305 e. The molecule has 2 atom stereocenters. The molecule has 2 unspecified atom stereocenters. The third-order valence-electron chi connectivity index (χ3n) is 3.61. The Morgan fingerprint density at radius 2 is 1.12 bits per heavy atom. The summed E-state index contributed by atoms with van der Waals surface area (Å²) in [7, 11) is 0. The molecule has 2 aromatic carbocycles. The van der Waals surface area contributed by atoms with Crippen molar-refractivity contribution in [2.45, 2.75) is 38.9 Å². The average Bonchev–Trinajstić information content (AvgIpc) is 2.59. The maximum atomic E-state index is 13.0. The van der Waals surface area contributed by atoms with E-state index in [0.717, 1.165) is 11.1 Å². The summed E-state index contributed by atoms with van der Waals surface area (Å²) in [6.07, 6.45) is 0.205. The van der Waals surface area contributed by atoms with Gasteiger partial charge >= 0.3 is 11.4 Å². The van der Waals surface area contributed by atoms with Gasteiger partial charge in [0.05, 0.1) is 0 Å². The fourth-order valence-corrected chi connectivity index (χ4v) is 3.20. The van der Waals surface area contributed by atoms with E-state index in [1.54, 1.807) is 24.3 Å². The van der Waals surface area contributed by atoms with Gasteiger partial charge in [0.25, 0.3) is 0 Å². The van der Waals surface area contributed by atoms with E-state index >= 15 is 0 Å². The van der Waals surface area contributed by atoms with Gasteiger partial charge in [-0.15, -0.1) is 0 Å². The molecule has 0 aliphatic heterocycles. The van der Waals surface area contributed by atoms with Crippen LogP contribution in [0.1, 0.15) is 50.0 Å². The van der Waals surface area contributed by atoms with Crippen LogP contribution in [0.15, 0.2) is 48.5 Å². The smallest absolute Gasteiger partial charge is 0.260 e. The van der Waals surface area contributed by atoms with Gasteiger partial charge in [0.2, 0.25) is 0 Å². The first-order chi connectivity index (χ1) is 11.5. The number of benzene rings is 2. The van der Waals surface area contributed by atoms with E-state index in [1.165, 1.54) is 24.3 Å². The molecule has 0 aliphatic carbocycles. The zero-order chi connectivity index (χ0) is 17.5. The van der Waals surface area contributed by atoms with Crippen molar-refractivity contribution in [2.75, 3.05) is 0 Å². The second-order valence-electron chi connectivity index (χ2n) is 5.29. The number of halogens is 2. The lowest BCUT2D eigenvalue weighted by Crippen LogP contribution is -2.12. The highest BCUT2D eigenvalue weighted by molar-refractivity contribution is 7.75. The highest BCUT2D eigenvalue weighted by Crippen LogP contribution is 2.27. The summed E-state index contributed by atoms with van der Waals surface area (Å²) in [6, 6.07) is 11.7. The topological polar surface area (TPSA) is 35.5 Å². The quantitative estimate of drug-likeness (QED) is 0.655. The summed E-state index contributed by atoms with van der Waals surface area (Å²) in [5, 5.41) is 0. The van der Waals surface area contributed by atoms with Gasteiger partial charge in [-0.2, -0.15) is 4.21 Å². The predicted octanol–water partition coefficient (Wildman–Crippen LogP) is 5.18. The summed E-state index contributed by atoms with van der Waals surface area (Å²) in [5.41, 5.74) is 1.45. The molecule has 0 saturated heterocycles. The van der Waals surface area contributed by atoms with Crippen molar-refractivity contribution in [1.82, 2.24) is 0 Å². The van der Waals surface area contributed by atoms with Crippen LogP contribution in [0.2, 0.25) is 0 Å². The fourth-order valence-electron chi connectivity index (χ4n) is 2.29. The van der Waals surface area contributed by atoms with Crippen molar-refractivity contribution >= 4 is 11.4 Å². The van der Waals surface area contributed by atoms with Crippen molar-refractivity contribution in [3.8, 4) is 0 Å². The van der Waals surface area contributed by atoms with Crippen molar-refractivity contribution in [3.05, 3.63) is 71.3 Å². The van der Waals surface area contributed by atoms with Gasteiger partial charge in [-0.1, -0.05) is 38.1 Å². The summed E-state index contributed by atoms with van der Waals surface area (Å²) in [4.78, 5) is 0. The second-order valence-corrected chi connectivity index (χ2v) is 6.09. The molecule has 0 aromatic heterocycles. The van der Waals surface area contributed by atoms with Gasteiger partial charge in [-0.25, -0.2) is 8.78 Å². The van der Waals surface area contributed by atoms with E-state index in [-0.39, 0.29) is 11.6 Å². The standard InChI is InChI=1S/C18H20F2O3S/c1-3-17(13-5-9-15(19)10-6-13)22-24(21)23-18(4-2)14-7-11-16(20)12-8-14/h5-12,17-18H,3-4H2,1-2H3. The first kappa shape index (κ1) is 18.7. The van der Waals surface area contributed by atoms with Gasteiger partial charge in [-0.3, -0.25) is 8.37 Å². The van der Waals surface area contributed by atoms with E-state index in [4.69, 9.17) is 8.37 Å². The van der Waals surface area contributed by atoms with Crippen molar-refractivity contribution in [2.24, 2.45) is 0 Å². The summed E-state index contributed by atoms with van der Waals surface area (Å²) >= 11 is -1.98. The number of hydrogen-bond donors (Lipinski definition) is 0. The van der Waals surface area contributed by atoms with Crippen LogP contribution >= 0.6 is 0 Å². The molecule has 0 saturated carbocycles. The zero-order valence-electron chi connectivity index (χ0n) is 13.6. The van der Waals surface area contributed by atoms with Crippen LogP contribution < -0.4 is 0 Å². The molecule has 0 fully saturated rings. The zero-order valence-corrected chi connectivity index (χ0v) is 14.4. The van der Waals surface area contributed by atoms with Crippen molar-refractivity contribution in [1.29, 1.82) is 0 Å². The SMILES string of the molecule is CCC(OS(=O)OC(CC)c1ccc(F)cc1)c1ccc(F)cc1. The summed E-state index contributed by atoms with van der Waals surface area (Å²) in [5.74, 6) is -0.679. The Labute approximate surface area is 143 Å². The Bertz CT molecular complexity index is 601. The molecule has 0 heterocycles. The molecular formula is C18H20F2O3S. The minimum atomic E-state index is -1.98. The molecule has 24 heavy (non-hydrogen) atoms. The van der Waals surface area contributed by atoms with E-state index in [1.807, 2.05) is 13.8 Å². The van der Waals surface area contributed by atoms with Crippen molar-refractivity contribution in [3.63, 3.8) is 0 Å². The third kappa shape index (κ3) is 5.19. The van der Waals surface area contributed by atoms with Gasteiger partial charge in [0.15, 0.2) is 0 Å². The van der Waals surface area contributed by atoms with Crippen LogP contribution in [-0.2, 0) is 19.7 Å². The van der Waals surface area contributed by atoms with E-state index in [2.05, 4.69) is 0 Å². The maximum Gasteiger partial charge on any atom is 0.305 e. The molecule has 0 aliphatic rings. The highest BCUT2D eigenvalue weighted by Gasteiger charge is 2.19. The minimum Gasteiger partial charge on any atom is -0.260 e. The first-order valence-corrected chi connectivity index (χ1v) is 8.80. The molecule has 0 amide bonds. The van der Waals surface area contributed by atoms with Crippen LogP contribution in [-0.4, -0.2) is 4.21 Å². The molecule has 2 rings (SSSR count). The highest BCUT2D eigenvalue weighted by atomic mass is 32.2. The molecule has 6 heteroatoms. The molecule has 0 spiro atoms. The lowest BCUT2D eigenvalue weighted by Gasteiger charge is -2.19. The lowest BCUT2D eigenvalue weighted by molar-refractivity contribution is 0.143. The van der Waals surface area contributed by atoms with E-state index in [0.29, 0.717) is 12.8 Å². The Hall–Kier alpha value is -1.63. The normalized spacial score (nSPS) is 15.0. The summed E-state index contributed by atoms with van der Waals surface area (Å²) in [6.45, 7) is 3.75. The van der Waals surface area contributed by atoms with Crippen LogP contribution in [0.4, 0.5) is 8.78 Å². The molecule has 0 N–H and O–H groups in total. The van der Waals surface area contributed by atoms with Crippen LogP contribution in [0.25, 0.3) is 0 Å². The Kier molecular flexibility index (Phi) is 7.02. The third-order valence-corrected chi connectivity index (χ3v) is 4.39. The van der Waals surface area contributed by atoms with Gasteiger partial charge in [0.1, 0.15) is 23.8 Å². The molecule has 2 aromatic rings. The first-order valence-electron chi connectivity index (χ1n) is 7.80. The van der Waals surface area contributed by atoms with Crippen LogP contribution in [0.5, 0.6) is 0 Å². The van der Waals surface area contributed by atoms with Gasteiger partial charge in [0, 0.05) is 0 Å². The predicted molar refractivity (Wildman–Crippen MR) is 89.2 cm³/mol. The van der Waals surface area contributed by atoms with Gasteiger partial charge in [-0.05, 0) is 48.2 Å². The fraction of sp³-hybridized carbons (Fsp3) is 0.333. The van der Waals surface area contributed by atoms with Crippen molar-refractivity contribution < 1.29 is 21.4 Å².